The molecule has 92 valence electrons. The number of thiophene rings is 1. The van der Waals surface area contributed by atoms with Gasteiger partial charge >= 0.3 is 0 Å². The normalized spacial score (nSPS) is 18.3. The number of hydrogen-bond donors (Lipinski definition) is 0. The Bertz CT molecular complexity index is 618. The molecule has 1 aliphatic rings. The first-order valence-corrected chi connectivity index (χ1v) is 6.51. The minimum atomic E-state index is -0.406. The van der Waals surface area contributed by atoms with Gasteiger partial charge in [-0.1, -0.05) is 0 Å². The van der Waals surface area contributed by atoms with Gasteiger partial charge in [0, 0.05) is 9.75 Å². The Kier molecular flexibility index (Phi) is 2.67. The maximum atomic E-state index is 13.1. The summed E-state index contributed by atoms with van der Waals surface area (Å²) >= 11 is 1.62. The highest BCUT2D eigenvalue weighted by molar-refractivity contribution is 7.12. The molecule has 2 heterocycles. The van der Waals surface area contributed by atoms with Crippen molar-refractivity contribution in [2.75, 3.05) is 0 Å². The van der Waals surface area contributed by atoms with E-state index in [0.29, 0.717) is 11.3 Å². The number of hydrogen-bond acceptors (Lipinski definition) is 3. The molecule has 0 amide bonds. The van der Waals surface area contributed by atoms with Gasteiger partial charge in [0.1, 0.15) is 17.7 Å². The van der Waals surface area contributed by atoms with Gasteiger partial charge in [-0.05, 0) is 37.3 Å². The third-order valence-electron chi connectivity index (χ3n) is 2.96. The molecule has 0 aliphatic carbocycles. The number of benzene rings is 1. The summed E-state index contributed by atoms with van der Waals surface area (Å²) in [6, 6.07) is 8.07. The lowest BCUT2D eigenvalue weighted by atomic mass is 10.00. The number of fused-ring (bicyclic) bond motifs is 1. The minimum Gasteiger partial charge on any atom is -0.484 e. The van der Waals surface area contributed by atoms with Crippen LogP contribution in [0.2, 0.25) is 0 Å². The predicted octanol–water partition coefficient (Wildman–Crippen LogP) is 3.90. The molecular weight excluding hydrogens is 251 g/mol. The van der Waals surface area contributed by atoms with Crippen LogP contribution in [0.3, 0.4) is 0 Å². The van der Waals surface area contributed by atoms with E-state index in [0.717, 1.165) is 4.88 Å². The summed E-state index contributed by atoms with van der Waals surface area (Å²) < 4.78 is 18.9. The van der Waals surface area contributed by atoms with Crippen molar-refractivity contribution in [3.63, 3.8) is 0 Å². The number of carbonyl (C=O) groups excluding carboxylic acids is 1. The Balaban J connectivity index is 1.96. The van der Waals surface area contributed by atoms with Crippen LogP contribution in [0.25, 0.3) is 0 Å². The van der Waals surface area contributed by atoms with Gasteiger partial charge in [-0.25, -0.2) is 4.39 Å². The van der Waals surface area contributed by atoms with E-state index < -0.39 is 5.82 Å². The Morgan fingerprint density at radius 1 is 1.33 bits per heavy atom. The molecule has 0 radical (unpaired) electrons. The van der Waals surface area contributed by atoms with Crippen molar-refractivity contribution in [3.8, 4) is 5.75 Å². The Morgan fingerprint density at radius 3 is 2.89 bits per heavy atom. The van der Waals surface area contributed by atoms with Gasteiger partial charge in [0.15, 0.2) is 5.78 Å². The summed E-state index contributed by atoms with van der Waals surface area (Å²) in [5.74, 6) is 0.00613. The molecule has 0 spiro atoms. The number of halogens is 1. The van der Waals surface area contributed by atoms with E-state index in [1.165, 1.54) is 23.1 Å². The standard InChI is InChI=1S/C14H11FO2S/c1-8-2-5-14(18-8)13-7-11(16)10-6-9(15)3-4-12(10)17-13/h2-6,13H,7H2,1H3. The lowest BCUT2D eigenvalue weighted by Gasteiger charge is -2.24. The van der Waals surface area contributed by atoms with Crippen LogP contribution < -0.4 is 4.74 Å². The van der Waals surface area contributed by atoms with E-state index in [4.69, 9.17) is 4.74 Å². The second-order valence-electron chi connectivity index (χ2n) is 4.32. The molecule has 0 bridgehead atoms. The molecule has 3 rings (SSSR count). The SMILES string of the molecule is Cc1ccc(C2CC(=O)c3cc(F)ccc3O2)s1. The minimum absolute atomic E-state index is 0.0631. The Morgan fingerprint density at radius 2 is 2.17 bits per heavy atom. The van der Waals surface area contributed by atoms with E-state index in [1.807, 2.05) is 19.1 Å². The second-order valence-corrected chi connectivity index (χ2v) is 5.64. The number of aryl methyl sites for hydroxylation is 1. The molecule has 0 fully saturated rings. The zero-order valence-electron chi connectivity index (χ0n) is 9.77. The quantitative estimate of drug-likeness (QED) is 0.779. The van der Waals surface area contributed by atoms with Crippen LogP contribution in [0.1, 0.15) is 32.6 Å². The summed E-state index contributed by atoms with van der Waals surface area (Å²) in [6.07, 6.45) is 0.0327. The summed E-state index contributed by atoms with van der Waals surface area (Å²) in [5, 5.41) is 0. The summed E-state index contributed by atoms with van der Waals surface area (Å²) in [4.78, 5) is 14.2. The summed E-state index contributed by atoms with van der Waals surface area (Å²) in [7, 11) is 0. The fraction of sp³-hybridized carbons (Fsp3) is 0.214. The van der Waals surface area contributed by atoms with E-state index in [1.54, 1.807) is 11.3 Å². The van der Waals surface area contributed by atoms with Gasteiger partial charge in [0.25, 0.3) is 0 Å². The molecule has 2 nitrogen and oxygen atoms in total. The summed E-state index contributed by atoms with van der Waals surface area (Å²) in [6.45, 7) is 2.02. The van der Waals surface area contributed by atoms with Crippen molar-refractivity contribution in [2.24, 2.45) is 0 Å². The van der Waals surface area contributed by atoms with Crippen LogP contribution >= 0.6 is 11.3 Å². The highest BCUT2D eigenvalue weighted by Gasteiger charge is 2.28. The molecular formula is C14H11FO2S. The molecule has 0 saturated carbocycles. The van der Waals surface area contributed by atoms with Crippen LogP contribution in [0, 0.1) is 12.7 Å². The fourth-order valence-corrected chi connectivity index (χ4v) is 2.99. The topological polar surface area (TPSA) is 26.3 Å². The first kappa shape index (κ1) is 11.4. The average Bonchev–Trinajstić information content (AvgIpc) is 2.77. The molecule has 18 heavy (non-hydrogen) atoms. The lowest BCUT2D eigenvalue weighted by molar-refractivity contribution is 0.0853. The monoisotopic (exact) mass is 262 g/mol. The predicted molar refractivity (Wildman–Crippen MR) is 67.8 cm³/mol. The molecule has 4 heteroatoms. The maximum Gasteiger partial charge on any atom is 0.170 e. The molecule has 1 unspecified atom stereocenters. The lowest BCUT2D eigenvalue weighted by Crippen LogP contribution is -2.19. The van der Waals surface area contributed by atoms with Crippen molar-refractivity contribution < 1.29 is 13.9 Å². The van der Waals surface area contributed by atoms with Crippen molar-refractivity contribution in [1.29, 1.82) is 0 Å². The van der Waals surface area contributed by atoms with Crippen LogP contribution in [-0.2, 0) is 0 Å². The van der Waals surface area contributed by atoms with Crippen molar-refractivity contribution >= 4 is 17.1 Å². The van der Waals surface area contributed by atoms with Crippen LogP contribution in [0.4, 0.5) is 4.39 Å². The van der Waals surface area contributed by atoms with E-state index in [-0.39, 0.29) is 18.3 Å². The van der Waals surface area contributed by atoms with E-state index in [9.17, 15) is 9.18 Å². The first-order chi connectivity index (χ1) is 8.63. The molecule has 1 aromatic carbocycles. The molecule has 1 aliphatic heterocycles. The third-order valence-corrected chi connectivity index (χ3v) is 4.05. The maximum absolute atomic E-state index is 13.1. The average molecular weight is 262 g/mol. The smallest absolute Gasteiger partial charge is 0.170 e. The Labute approximate surface area is 108 Å². The van der Waals surface area contributed by atoms with Gasteiger partial charge in [-0.2, -0.15) is 0 Å². The zero-order valence-corrected chi connectivity index (χ0v) is 10.6. The number of ether oxygens (including phenoxy) is 1. The number of Topliss-reactive ketones (excluding diaryl/α,β-unsaturated/α-hetero) is 1. The van der Waals surface area contributed by atoms with Gasteiger partial charge in [-0.15, -0.1) is 11.3 Å². The number of ketones is 1. The molecule has 0 N–H and O–H groups in total. The van der Waals surface area contributed by atoms with E-state index in [2.05, 4.69) is 0 Å². The molecule has 2 aromatic rings. The van der Waals surface area contributed by atoms with Crippen LogP contribution in [0.15, 0.2) is 30.3 Å². The van der Waals surface area contributed by atoms with Gasteiger partial charge in [-0.3, -0.25) is 4.79 Å². The second kappa shape index (κ2) is 4.21. The first-order valence-electron chi connectivity index (χ1n) is 5.69. The van der Waals surface area contributed by atoms with Crippen LogP contribution in [-0.4, -0.2) is 5.78 Å². The van der Waals surface area contributed by atoms with Crippen molar-refractivity contribution in [3.05, 3.63) is 51.5 Å². The van der Waals surface area contributed by atoms with Crippen molar-refractivity contribution in [2.45, 2.75) is 19.4 Å². The van der Waals surface area contributed by atoms with Gasteiger partial charge < -0.3 is 4.74 Å². The number of carbonyl (C=O) groups is 1. The number of rotatable bonds is 1. The zero-order chi connectivity index (χ0) is 12.7. The van der Waals surface area contributed by atoms with Gasteiger partial charge in [0.05, 0.1) is 12.0 Å². The fourth-order valence-electron chi connectivity index (χ4n) is 2.08. The molecule has 1 aromatic heterocycles. The highest BCUT2D eigenvalue weighted by atomic mass is 32.1. The molecule has 0 saturated heterocycles. The third kappa shape index (κ3) is 1.93. The van der Waals surface area contributed by atoms with Crippen molar-refractivity contribution in [1.82, 2.24) is 0 Å². The summed E-state index contributed by atoms with van der Waals surface area (Å²) in [5.41, 5.74) is 0.347. The highest BCUT2D eigenvalue weighted by Crippen LogP contribution is 2.37. The van der Waals surface area contributed by atoms with E-state index >= 15 is 0 Å². The van der Waals surface area contributed by atoms with Crippen LogP contribution in [0.5, 0.6) is 5.75 Å². The van der Waals surface area contributed by atoms with Gasteiger partial charge in [0.2, 0.25) is 0 Å². The largest absolute Gasteiger partial charge is 0.484 e. The Hall–Kier alpha value is -1.68. The molecule has 1 atom stereocenters.